The van der Waals surface area contributed by atoms with Gasteiger partial charge in [0.15, 0.2) is 7.14 Å². The van der Waals surface area contributed by atoms with Gasteiger partial charge in [-0.15, -0.1) is 0 Å². The molecule has 0 aromatic heterocycles. The topological polar surface area (TPSA) is 43.4 Å². The molecular formula is C23H29O3P. The summed E-state index contributed by atoms with van der Waals surface area (Å²) >= 11 is 0. The molecule has 0 radical (unpaired) electrons. The van der Waals surface area contributed by atoms with Crippen LogP contribution in [0.15, 0.2) is 60.7 Å². The highest BCUT2D eigenvalue weighted by molar-refractivity contribution is 7.80. The Bertz CT molecular complexity index is 771. The zero-order valence-electron chi connectivity index (χ0n) is 16.4. The summed E-state index contributed by atoms with van der Waals surface area (Å²) in [5, 5.41) is 1.47. The molecule has 27 heavy (non-hydrogen) atoms. The van der Waals surface area contributed by atoms with Gasteiger partial charge in [0.2, 0.25) is 0 Å². The van der Waals surface area contributed by atoms with E-state index in [2.05, 4.69) is 6.92 Å². The molecule has 0 aliphatic carbocycles. The Morgan fingerprint density at radius 2 is 1.52 bits per heavy atom. The first-order valence-corrected chi connectivity index (χ1v) is 11.6. The average Bonchev–Trinajstić information content (AvgIpc) is 2.66. The van der Waals surface area contributed by atoms with Crippen LogP contribution in [0, 0.1) is 0 Å². The molecular weight excluding hydrogens is 355 g/mol. The molecule has 2 aromatic rings. The van der Waals surface area contributed by atoms with E-state index in [0.717, 1.165) is 29.9 Å². The van der Waals surface area contributed by atoms with E-state index in [9.17, 15) is 9.36 Å². The van der Waals surface area contributed by atoms with Gasteiger partial charge in [-0.25, -0.2) is 0 Å². The highest BCUT2D eigenvalue weighted by atomic mass is 31.2. The lowest BCUT2D eigenvalue weighted by molar-refractivity contribution is -0.147. The highest BCUT2D eigenvalue weighted by Crippen LogP contribution is 2.54. The number of carbonyl (C=O) groups excluding carboxylic acids is 1. The lowest BCUT2D eigenvalue weighted by atomic mass is 9.91. The van der Waals surface area contributed by atoms with Gasteiger partial charge in [-0.05, 0) is 20.3 Å². The molecule has 0 amide bonds. The summed E-state index contributed by atoms with van der Waals surface area (Å²) in [5.74, 6) is 0.0587. The molecule has 144 valence electrons. The number of rotatable bonds is 6. The molecule has 1 aliphatic heterocycles. The Kier molecular flexibility index (Phi) is 6.03. The quantitative estimate of drug-likeness (QED) is 0.678. The van der Waals surface area contributed by atoms with E-state index >= 15 is 0 Å². The number of unbranched alkanes of at least 4 members (excludes halogenated alkanes) is 1. The van der Waals surface area contributed by atoms with Crippen LogP contribution in [0.25, 0.3) is 0 Å². The normalized spacial score (nSPS) is 22.6. The number of benzene rings is 2. The predicted molar refractivity (Wildman–Crippen MR) is 112 cm³/mol. The van der Waals surface area contributed by atoms with Crippen molar-refractivity contribution in [1.82, 2.24) is 0 Å². The molecule has 0 saturated carbocycles. The smallest absolute Gasteiger partial charge is 0.155 e. The molecule has 1 aliphatic rings. The molecule has 2 aromatic carbocycles. The van der Waals surface area contributed by atoms with Crippen molar-refractivity contribution in [3.63, 3.8) is 0 Å². The maximum atomic E-state index is 14.7. The van der Waals surface area contributed by atoms with Crippen molar-refractivity contribution >= 4 is 23.5 Å². The van der Waals surface area contributed by atoms with Crippen LogP contribution in [0.5, 0.6) is 0 Å². The summed E-state index contributed by atoms with van der Waals surface area (Å²) in [6, 6.07) is 18.9. The summed E-state index contributed by atoms with van der Waals surface area (Å²) in [6.07, 6.45) is 2.69. The molecule has 0 spiro atoms. The van der Waals surface area contributed by atoms with Gasteiger partial charge in [0, 0.05) is 17.0 Å². The van der Waals surface area contributed by atoms with Gasteiger partial charge < -0.3 is 9.30 Å². The van der Waals surface area contributed by atoms with E-state index in [0.29, 0.717) is 6.42 Å². The zero-order chi connectivity index (χ0) is 19.5. The van der Waals surface area contributed by atoms with Crippen molar-refractivity contribution < 1.29 is 14.1 Å². The van der Waals surface area contributed by atoms with E-state index in [-0.39, 0.29) is 11.9 Å². The third kappa shape index (κ3) is 4.10. The summed E-state index contributed by atoms with van der Waals surface area (Å²) < 4.78 is 21.0. The summed E-state index contributed by atoms with van der Waals surface area (Å²) in [5.41, 5.74) is -1.13. The Balaban J connectivity index is 2.15. The molecule has 1 saturated heterocycles. The van der Waals surface area contributed by atoms with E-state index in [1.807, 2.05) is 74.5 Å². The maximum absolute atomic E-state index is 14.7. The predicted octanol–water partition coefficient (Wildman–Crippen LogP) is 4.70. The second-order valence-corrected chi connectivity index (χ2v) is 10.9. The van der Waals surface area contributed by atoms with Gasteiger partial charge >= 0.3 is 0 Å². The van der Waals surface area contributed by atoms with Crippen LogP contribution >= 0.6 is 7.14 Å². The van der Waals surface area contributed by atoms with Gasteiger partial charge in [0.25, 0.3) is 0 Å². The van der Waals surface area contributed by atoms with Gasteiger partial charge in [0.1, 0.15) is 11.4 Å². The van der Waals surface area contributed by atoms with Crippen LogP contribution in [0.4, 0.5) is 0 Å². The fourth-order valence-corrected chi connectivity index (χ4v) is 7.42. The molecule has 2 atom stereocenters. The van der Waals surface area contributed by atoms with Gasteiger partial charge in [-0.1, -0.05) is 80.4 Å². The van der Waals surface area contributed by atoms with Crippen molar-refractivity contribution in [1.29, 1.82) is 0 Å². The largest absolute Gasteiger partial charge is 0.371 e. The molecule has 1 fully saturated rings. The molecule has 4 heteroatoms. The highest BCUT2D eigenvalue weighted by Gasteiger charge is 2.51. The average molecular weight is 384 g/mol. The van der Waals surface area contributed by atoms with Crippen LogP contribution in [-0.2, 0) is 14.1 Å². The molecule has 3 nitrogen and oxygen atoms in total. The molecule has 0 unspecified atom stereocenters. The standard InChI is InChI=1S/C23H29O3P/c1-4-5-16-21-22(20(24)17-23(2,3)26-21)27(25,18-12-8-6-9-13-18)19-14-10-7-11-15-19/h6-15,21-22H,4-5,16-17H2,1-3H3/t21-,22+/m0/s1. The second kappa shape index (κ2) is 8.12. The van der Waals surface area contributed by atoms with E-state index in [4.69, 9.17) is 4.74 Å². The molecule has 3 rings (SSSR count). The van der Waals surface area contributed by atoms with E-state index in [1.165, 1.54) is 0 Å². The molecule has 0 N–H and O–H groups in total. The summed E-state index contributed by atoms with van der Waals surface area (Å²) in [7, 11) is -3.18. The molecule has 0 bridgehead atoms. The van der Waals surface area contributed by atoms with Crippen molar-refractivity contribution in [2.24, 2.45) is 0 Å². The van der Waals surface area contributed by atoms with Crippen molar-refractivity contribution in [2.75, 3.05) is 0 Å². The number of carbonyl (C=O) groups is 1. The first-order chi connectivity index (χ1) is 12.9. The SMILES string of the molecule is CCCC[C@@H]1OC(C)(C)CC(=O)[C@H]1P(=O)(c1ccccc1)c1ccccc1. The van der Waals surface area contributed by atoms with Crippen molar-refractivity contribution in [3.8, 4) is 0 Å². The van der Waals surface area contributed by atoms with Crippen LogP contribution in [-0.4, -0.2) is 23.1 Å². The summed E-state index contributed by atoms with van der Waals surface area (Å²) in [4.78, 5) is 13.3. The summed E-state index contributed by atoms with van der Waals surface area (Å²) in [6.45, 7) is 6.03. The lowest BCUT2D eigenvalue weighted by Gasteiger charge is -2.43. The Labute approximate surface area is 162 Å². The van der Waals surface area contributed by atoms with Crippen LogP contribution in [0.2, 0.25) is 0 Å². The van der Waals surface area contributed by atoms with Crippen LogP contribution < -0.4 is 10.6 Å². The Morgan fingerprint density at radius 3 is 2.00 bits per heavy atom. The minimum Gasteiger partial charge on any atom is -0.371 e. The number of ketones is 1. The van der Waals surface area contributed by atoms with Crippen molar-refractivity contribution in [2.45, 2.75) is 63.8 Å². The first kappa shape index (κ1) is 20.0. The molecule has 1 heterocycles. The maximum Gasteiger partial charge on any atom is 0.155 e. The second-order valence-electron chi connectivity index (χ2n) is 7.98. The number of Topliss-reactive ketones (excluding diaryl/α,β-unsaturated/α-hetero) is 1. The number of hydrogen-bond acceptors (Lipinski definition) is 3. The zero-order valence-corrected chi connectivity index (χ0v) is 17.3. The van der Waals surface area contributed by atoms with E-state index in [1.54, 1.807) is 0 Å². The van der Waals surface area contributed by atoms with Crippen LogP contribution in [0.3, 0.4) is 0 Å². The van der Waals surface area contributed by atoms with Crippen molar-refractivity contribution in [3.05, 3.63) is 60.7 Å². The minimum absolute atomic E-state index is 0.0587. The fraction of sp³-hybridized carbons (Fsp3) is 0.435. The van der Waals surface area contributed by atoms with Gasteiger partial charge in [-0.3, -0.25) is 4.79 Å². The third-order valence-electron chi connectivity index (χ3n) is 5.27. The lowest BCUT2D eigenvalue weighted by Crippen LogP contribution is -2.52. The van der Waals surface area contributed by atoms with Crippen LogP contribution in [0.1, 0.15) is 46.5 Å². The number of hydrogen-bond donors (Lipinski definition) is 0. The first-order valence-electron chi connectivity index (χ1n) is 9.80. The van der Waals surface area contributed by atoms with E-state index < -0.39 is 18.4 Å². The third-order valence-corrected chi connectivity index (χ3v) is 8.80. The minimum atomic E-state index is -3.18. The van der Waals surface area contributed by atoms with Gasteiger partial charge in [-0.2, -0.15) is 0 Å². The Hall–Kier alpha value is -1.70. The Morgan fingerprint density at radius 1 is 1.00 bits per heavy atom. The fourth-order valence-electron chi connectivity index (χ4n) is 4.08. The van der Waals surface area contributed by atoms with Gasteiger partial charge in [0.05, 0.1) is 11.7 Å². The number of ether oxygens (including phenoxy) is 1. The monoisotopic (exact) mass is 384 g/mol.